The van der Waals surface area contributed by atoms with Gasteiger partial charge in [0.25, 0.3) is 5.95 Å². The molecule has 1 aliphatic heterocycles. The van der Waals surface area contributed by atoms with Gasteiger partial charge in [0.2, 0.25) is 0 Å². The Kier molecular flexibility index (Phi) is 4.74. The number of nitrogens with zero attached hydrogens (tertiary/aromatic N) is 3. The Hall–Kier alpha value is -2.25. The second-order valence-corrected chi connectivity index (χ2v) is 7.20. The lowest BCUT2D eigenvalue weighted by Crippen LogP contribution is -2.29. The van der Waals surface area contributed by atoms with Crippen molar-refractivity contribution in [1.82, 2.24) is 14.9 Å². The van der Waals surface area contributed by atoms with E-state index in [4.69, 9.17) is 4.74 Å². The van der Waals surface area contributed by atoms with E-state index >= 15 is 0 Å². The summed E-state index contributed by atoms with van der Waals surface area (Å²) in [6, 6.07) is 6.46. The van der Waals surface area contributed by atoms with Gasteiger partial charge in [0, 0.05) is 25.8 Å². The van der Waals surface area contributed by atoms with Crippen LogP contribution in [0.1, 0.15) is 24.6 Å². The quantitative estimate of drug-likeness (QED) is 0.797. The number of aromatic nitrogens is 2. The maximum absolute atomic E-state index is 13.6. The number of rotatable bonds is 5. The number of likely N-dealkylation sites (tertiary alicyclic amines) is 1. The number of halogens is 1. The van der Waals surface area contributed by atoms with E-state index in [0.717, 1.165) is 25.9 Å². The van der Waals surface area contributed by atoms with E-state index in [1.54, 1.807) is 18.2 Å². The highest BCUT2D eigenvalue weighted by Gasteiger charge is 2.42. The third kappa shape index (κ3) is 3.64. The monoisotopic (exact) mass is 359 g/mol. The van der Waals surface area contributed by atoms with Gasteiger partial charge in [0.05, 0.1) is 18.0 Å². The number of aliphatic hydroxyl groups is 1. The Morgan fingerprint density at radius 3 is 2.62 bits per heavy atom. The molecule has 7 heteroatoms. The van der Waals surface area contributed by atoms with Gasteiger partial charge in [0.1, 0.15) is 11.9 Å². The molecule has 1 aliphatic carbocycles. The van der Waals surface area contributed by atoms with E-state index < -0.39 is 12.1 Å². The molecule has 3 heterocycles. The van der Waals surface area contributed by atoms with Crippen molar-refractivity contribution in [3.05, 3.63) is 48.3 Å². The summed E-state index contributed by atoms with van der Waals surface area (Å²) in [4.78, 5) is 9.94. The van der Waals surface area contributed by atoms with Gasteiger partial charge in [-0.15, -0.1) is 0 Å². The van der Waals surface area contributed by atoms with Gasteiger partial charge in [-0.2, -0.15) is 4.39 Å². The van der Waals surface area contributed by atoms with Crippen molar-refractivity contribution in [2.24, 2.45) is 11.8 Å². The molecule has 2 aromatic rings. The molecule has 2 N–H and O–H groups in total. The molecule has 2 fully saturated rings. The molecule has 4 rings (SSSR count). The summed E-state index contributed by atoms with van der Waals surface area (Å²) >= 11 is 0. The van der Waals surface area contributed by atoms with Crippen molar-refractivity contribution >= 4 is 0 Å². The predicted octanol–water partition coefficient (Wildman–Crippen LogP) is 2.14. The standard InChI is InChI=1S/C19H22FN3O3/c20-19-18(2-1-5-21-19)26-15-6-12-9-23(10-13(12)7-15)11-17(25)16-4-3-14(24)8-22-16/h1-5,8,12-13,15,17,24-25H,6-7,9-11H2/t12-,13+,15?,17?. The van der Waals surface area contributed by atoms with Crippen molar-refractivity contribution in [3.63, 3.8) is 0 Å². The van der Waals surface area contributed by atoms with Crippen LogP contribution in [0.2, 0.25) is 0 Å². The highest BCUT2D eigenvalue weighted by molar-refractivity contribution is 5.20. The molecule has 0 spiro atoms. The Morgan fingerprint density at radius 2 is 1.96 bits per heavy atom. The van der Waals surface area contributed by atoms with Crippen LogP contribution in [0.25, 0.3) is 0 Å². The number of fused-ring (bicyclic) bond motifs is 1. The number of aliphatic hydroxyl groups excluding tert-OH is 1. The third-order valence-electron chi connectivity index (χ3n) is 5.35. The molecular formula is C19H22FN3O3. The first-order valence-corrected chi connectivity index (χ1v) is 8.91. The van der Waals surface area contributed by atoms with Gasteiger partial charge < -0.3 is 14.9 Å². The van der Waals surface area contributed by atoms with Gasteiger partial charge in [-0.25, -0.2) is 4.98 Å². The van der Waals surface area contributed by atoms with E-state index in [9.17, 15) is 14.6 Å². The predicted molar refractivity (Wildman–Crippen MR) is 92.1 cm³/mol. The molecule has 0 aromatic carbocycles. The fourth-order valence-electron chi connectivity index (χ4n) is 4.16. The molecule has 26 heavy (non-hydrogen) atoms. The Bertz CT molecular complexity index is 744. The lowest BCUT2D eigenvalue weighted by Gasteiger charge is -2.22. The molecule has 6 nitrogen and oxygen atoms in total. The molecule has 0 bridgehead atoms. The van der Waals surface area contributed by atoms with Crippen molar-refractivity contribution in [3.8, 4) is 11.5 Å². The second kappa shape index (κ2) is 7.17. The fourth-order valence-corrected chi connectivity index (χ4v) is 4.16. The molecular weight excluding hydrogens is 337 g/mol. The summed E-state index contributed by atoms with van der Waals surface area (Å²) in [7, 11) is 0. The first kappa shape index (κ1) is 17.2. The number of ether oxygens (including phenoxy) is 1. The fraction of sp³-hybridized carbons (Fsp3) is 0.474. The molecule has 2 unspecified atom stereocenters. The smallest absolute Gasteiger partial charge is 0.255 e. The molecule has 1 saturated carbocycles. The number of aromatic hydroxyl groups is 1. The number of hydrogen-bond donors (Lipinski definition) is 2. The second-order valence-electron chi connectivity index (χ2n) is 7.20. The van der Waals surface area contributed by atoms with E-state index in [1.807, 2.05) is 0 Å². The van der Waals surface area contributed by atoms with Crippen LogP contribution in [-0.2, 0) is 0 Å². The molecule has 4 atom stereocenters. The molecule has 2 aliphatic rings. The van der Waals surface area contributed by atoms with Crippen LogP contribution in [0.5, 0.6) is 11.5 Å². The van der Waals surface area contributed by atoms with Crippen LogP contribution in [-0.4, -0.2) is 50.8 Å². The summed E-state index contributed by atoms with van der Waals surface area (Å²) in [5.41, 5.74) is 0.563. The van der Waals surface area contributed by atoms with Crippen LogP contribution >= 0.6 is 0 Å². The molecule has 2 aromatic heterocycles. The van der Waals surface area contributed by atoms with Gasteiger partial charge in [-0.1, -0.05) is 0 Å². The summed E-state index contributed by atoms with van der Waals surface area (Å²) < 4.78 is 19.4. The zero-order valence-electron chi connectivity index (χ0n) is 14.3. The Labute approximate surface area is 151 Å². The van der Waals surface area contributed by atoms with E-state index in [1.165, 1.54) is 18.5 Å². The average Bonchev–Trinajstić information content (AvgIpc) is 3.15. The third-order valence-corrected chi connectivity index (χ3v) is 5.35. The molecule has 0 amide bonds. The summed E-state index contributed by atoms with van der Waals surface area (Å²) in [5, 5.41) is 19.6. The van der Waals surface area contributed by atoms with Crippen LogP contribution < -0.4 is 4.74 Å². The van der Waals surface area contributed by atoms with Crippen molar-refractivity contribution in [1.29, 1.82) is 0 Å². The van der Waals surface area contributed by atoms with Crippen molar-refractivity contribution in [2.75, 3.05) is 19.6 Å². The van der Waals surface area contributed by atoms with E-state index in [2.05, 4.69) is 14.9 Å². The van der Waals surface area contributed by atoms with Crippen LogP contribution in [0, 0.1) is 17.8 Å². The minimum atomic E-state index is -0.675. The lowest BCUT2D eigenvalue weighted by atomic mass is 10.0. The summed E-state index contributed by atoms with van der Waals surface area (Å²) in [6.07, 6.45) is 3.89. The zero-order chi connectivity index (χ0) is 18.1. The summed E-state index contributed by atoms with van der Waals surface area (Å²) in [5.74, 6) is 0.756. The highest BCUT2D eigenvalue weighted by Crippen LogP contribution is 2.40. The number of pyridine rings is 2. The van der Waals surface area contributed by atoms with Crippen LogP contribution in [0.15, 0.2) is 36.7 Å². The first-order valence-electron chi connectivity index (χ1n) is 8.91. The Balaban J connectivity index is 1.29. The Morgan fingerprint density at radius 1 is 1.19 bits per heavy atom. The van der Waals surface area contributed by atoms with Gasteiger partial charge in [0.15, 0.2) is 5.75 Å². The SMILES string of the molecule is Oc1ccc(C(O)CN2C[C@H]3CC(Oc4cccnc4F)C[C@H]3C2)nc1. The van der Waals surface area contributed by atoms with Crippen LogP contribution in [0.3, 0.4) is 0 Å². The topological polar surface area (TPSA) is 78.7 Å². The zero-order valence-corrected chi connectivity index (χ0v) is 14.3. The maximum atomic E-state index is 13.6. The molecule has 0 radical (unpaired) electrons. The normalized spacial score (nSPS) is 26.6. The highest BCUT2D eigenvalue weighted by atomic mass is 19.1. The van der Waals surface area contributed by atoms with Gasteiger partial charge in [-0.3, -0.25) is 9.88 Å². The number of β-amino-alcohol motifs (C(OH)–C–C–N with tert-alkyl or cyclic N) is 1. The van der Waals surface area contributed by atoms with Crippen molar-refractivity contribution in [2.45, 2.75) is 25.0 Å². The minimum absolute atomic E-state index is 0.0227. The van der Waals surface area contributed by atoms with Crippen LogP contribution in [0.4, 0.5) is 4.39 Å². The maximum Gasteiger partial charge on any atom is 0.255 e. The van der Waals surface area contributed by atoms with E-state index in [0.29, 0.717) is 24.1 Å². The van der Waals surface area contributed by atoms with Crippen molar-refractivity contribution < 1.29 is 19.3 Å². The molecule has 1 saturated heterocycles. The largest absolute Gasteiger partial charge is 0.506 e. The average molecular weight is 359 g/mol. The van der Waals surface area contributed by atoms with Gasteiger partial charge >= 0.3 is 0 Å². The van der Waals surface area contributed by atoms with E-state index in [-0.39, 0.29) is 17.6 Å². The summed E-state index contributed by atoms with van der Waals surface area (Å²) in [6.45, 7) is 2.32. The lowest BCUT2D eigenvalue weighted by molar-refractivity contribution is 0.112. The number of hydrogen-bond acceptors (Lipinski definition) is 6. The molecule has 138 valence electrons. The van der Waals surface area contributed by atoms with Gasteiger partial charge in [-0.05, 0) is 48.9 Å². The first-order chi connectivity index (χ1) is 12.6. The minimum Gasteiger partial charge on any atom is -0.506 e.